The molecule has 1 aliphatic carbocycles. The van der Waals surface area contributed by atoms with E-state index in [9.17, 15) is 0 Å². The lowest BCUT2D eigenvalue weighted by molar-refractivity contribution is 0.349. The summed E-state index contributed by atoms with van der Waals surface area (Å²) in [5.74, 6) is 0. The Labute approximate surface area is 108 Å². The topological polar surface area (TPSA) is 3.24 Å². The Morgan fingerprint density at radius 3 is 2.65 bits per heavy atom. The first-order chi connectivity index (χ1) is 8.36. The molecule has 0 aromatic heterocycles. The highest BCUT2D eigenvalue weighted by molar-refractivity contribution is 7.81. The van der Waals surface area contributed by atoms with E-state index in [0.29, 0.717) is 0 Å². The summed E-state index contributed by atoms with van der Waals surface area (Å²) in [7, 11) is 0. The fourth-order valence-electron chi connectivity index (χ4n) is 2.75. The number of thiocarbonyl (C=S) groups is 1. The Bertz CT molecular complexity index is 470. The molecule has 2 aliphatic rings. The number of fused-ring (bicyclic) bond motifs is 1. The summed E-state index contributed by atoms with van der Waals surface area (Å²) in [5, 5.41) is 0. The van der Waals surface area contributed by atoms with Crippen LogP contribution in [0.25, 0.3) is 5.57 Å². The maximum atomic E-state index is 5.67. The van der Waals surface area contributed by atoms with E-state index in [-0.39, 0.29) is 0 Å². The van der Waals surface area contributed by atoms with Crippen LogP contribution in [0.1, 0.15) is 30.4 Å². The molecule has 0 bridgehead atoms. The van der Waals surface area contributed by atoms with Crippen molar-refractivity contribution in [1.82, 2.24) is 4.90 Å². The van der Waals surface area contributed by atoms with Crippen LogP contribution in [0.15, 0.2) is 30.3 Å². The summed E-state index contributed by atoms with van der Waals surface area (Å²) in [5.41, 5.74) is 4.06. The highest BCUT2D eigenvalue weighted by Gasteiger charge is 2.21. The number of piperidine rings is 1. The summed E-state index contributed by atoms with van der Waals surface area (Å²) in [6.45, 7) is 2.27. The van der Waals surface area contributed by atoms with Gasteiger partial charge in [0.1, 0.15) is 4.99 Å². The Kier molecular flexibility index (Phi) is 2.98. The molecule has 0 radical (unpaired) electrons. The van der Waals surface area contributed by atoms with Crippen LogP contribution < -0.4 is 0 Å². The average molecular weight is 243 g/mol. The molecule has 0 atom stereocenters. The summed E-state index contributed by atoms with van der Waals surface area (Å²) in [4.78, 5) is 3.45. The van der Waals surface area contributed by atoms with Crippen LogP contribution in [0, 0.1) is 0 Å². The summed E-state index contributed by atoms with van der Waals surface area (Å²) in [6, 6.07) is 8.62. The smallest absolute Gasteiger partial charge is 0.109 e. The van der Waals surface area contributed by atoms with Gasteiger partial charge in [-0.25, -0.2) is 0 Å². The Morgan fingerprint density at radius 2 is 1.82 bits per heavy atom. The van der Waals surface area contributed by atoms with Gasteiger partial charge in [0.05, 0.1) is 0 Å². The van der Waals surface area contributed by atoms with Crippen molar-refractivity contribution in [2.24, 2.45) is 0 Å². The number of rotatable bonds is 1. The van der Waals surface area contributed by atoms with Gasteiger partial charge < -0.3 is 4.90 Å². The molecule has 3 rings (SSSR count). The molecule has 1 nitrogen and oxygen atoms in total. The molecule has 1 aromatic rings. The van der Waals surface area contributed by atoms with Gasteiger partial charge in [-0.05, 0) is 36.8 Å². The van der Waals surface area contributed by atoms with Crippen molar-refractivity contribution in [1.29, 1.82) is 0 Å². The quantitative estimate of drug-likeness (QED) is 0.695. The van der Waals surface area contributed by atoms with E-state index in [1.807, 2.05) is 0 Å². The second-order valence-corrected chi connectivity index (χ2v) is 5.22. The molecular weight excluding hydrogens is 226 g/mol. The molecule has 0 saturated carbocycles. The molecule has 1 saturated heterocycles. The molecule has 1 fully saturated rings. The van der Waals surface area contributed by atoms with E-state index in [4.69, 9.17) is 12.2 Å². The van der Waals surface area contributed by atoms with Gasteiger partial charge in [0.15, 0.2) is 0 Å². The van der Waals surface area contributed by atoms with Gasteiger partial charge in [0, 0.05) is 18.7 Å². The first kappa shape index (κ1) is 11.0. The fourth-order valence-corrected chi connectivity index (χ4v) is 3.13. The monoisotopic (exact) mass is 243 g/mol. The zero-order chi connectivity index (χ0) is 11.7. The maximum absolute atomic E-state index is 5.67. The van der Waals surface area contributed by atoms with Gasteiger partial charge in [-0.2, -0.15) is 0 Å². The predicted octanol–water partition coefficient (Wildman–Crippen LogP) is 3.44. The molecule has 1 aliphatic heterocycles. The number of hydrogen-bond acceptors (Lipinski definition) is 1. The number of likely N-dealkylation sites (tertiary alicyclic amines) is 1. The van der Waals surface area contributed by atoms with Crippen molar-refractivity contribution in [2.75, 3.05) is 13.1 Å². The molecular formula is C15H17NS. The van der Waals surface area contributed by atoms with Crippen molar-refractivity contribution >= 4 is 22.8 Å². The molecule has 1 heterocycles. The molecule has 88 valence electrons. The van der Waals surface area contributed by atoms with Crippen LogP contribution in [0.2, 0.25) is 0 Å². The summed E-state index contributed by atoms with van der Waals surface area (Å²) >= 11 is 5.67. The van der Waals surface area contributed by atoms with Gasteiger partial charge in [-0.1, -0.05) is 42.6 Å². The van der Waals surface area contributed by atoms with Crippen molar-refractivity contribution in [3.05, 3.63) is 41.5 Å². The van der Waals surface area contributed by atoms with E-state index in [2.05, 4.69) is 35.2 Å². The fraction of sp³-hybridized carbons (Fsp3) is 0.400. The SMILES string of the molecule is S=C(C1=CCc2ccccc21)N1CCCCC1. The Balaban J connectivity index is 1.84. The van der Waals surface area contributed by atoms with Crippen LogP contribution in [0.5, 0.6) is 0 Å². The third kappa shape index (κ3) is 2.02. The standard InChI is InChI=1S/C15H17NS/c17-15(16-10-4-1-5-11-16)14-9-8-12-6-2-3-7-13(12)14/h2-3,6-7,9H,1,4-5,8,10-11H2. The van der Waals surface area contributed by atoms with Crippen LogP contribution in [-0.4, -0.2) is 23.0 Å². The van der Waals surface area contributed by atoms with Gasteiger partial charge in [-0.15, -0.1) is 0 Å². The van der Waals surface area contributed by atoms with Crippen LogP contribution >= 0.6 is 12.2 Å². The Morgan fingerprint density at radius 1 is 1.06 bits per heavy atom. The Hall–Kier alpha value is -1.15. The lowest BCUT2D eigenvalue weighted by Gasteiger charge is -2.29. The minimum Gasteiger partial charge on any atom is -0.362 e. The zero-order valence-corrected chi connectivity index (χ0v) is 10.8. The van der Waals surface area contributed by atoms with E-state index in [1.165, 1.54) is 36.0 Å². The number of allylic oxidation sites excluding steroid dienone is 1. The predicted molar refractivity (Wildman–Crippen MR) is 76.1 cm³/mol. The molecule has 0 unspecified atom stereocenters. The maximum Gasteiger partial charge on any atom is 0.109 e. The second kappa shape index (κ2) is 4.61. The third-order valence-electron chi connectivity index (χ3n) is 3.71. The molecule has 0 spiro atoms. The molecule has 2 heteroatoms. The van der Waals surface area contributed by atoms with E-state index in [0.717, 1.165) is 24.5 Å². The molecule has 0 N–H and O–H groups in total. The minimum absolute atomic E-state index is 1.04. The highest BCUT2D eigenvalue weighted by atomic mass is 32.1. The zero-order valence-electron chi connectivity index (χ0n) is 9.98. The molecule has 17 heavy (non-hydrogen) atoms. The van der Waals surface area contributed by atoms with Crippen molar-refractivity contribution in [3.8, 4) is 0 Å². The van der Waals surface area contributed by atoms with Crippen LogP contribution in [0.3, 0.4) is 0 Å². The average Bonchev–Trinajstić information content (AvgIpc) is 2.83. The lowest BCUT2D eigenvalue weighted by atomic mass is 10.0. The van der Waals surface area contributed by atoms with Crippen molar-refractivity contribution < 1.29 is 0 Å². The number of nitrogens with zero attached hydrogens (tertiary/aromatic N) is 1. The summed E-state index contributed by atoms with van der Waals surface area (Å²) in [6.07, 6.45) is 7.26. The molecule has 1 aromatic carbocycles. The third-order valence-corrected chi connectivity index (χ3v) is 4.19. The van der Waals surface area contributed by atoms with E-state index >= 15 is 0 Å². The van der Waals surface area contributed by atoms with Gasteiger partial charge in [0.25, 0.3) is 0 Å². The van der Waals surface area contributed by atoms with Crippen LogP contribution in [-0.2, 0) is 6.42 Å². The first-order valence-electron chi connectivity index (χ1n) is 6.44. The van der Waals surface area contributed by atoms with E-state index < -0.39 is 0 Å². The largest absolute Gasteiger partial charge is 0.362 e. The minimum atomic E-state index is 1.04. The number of benzene rings is 1. The molecule has 0 amide bonds. The normalized spacial score (nSPS) is 18.8. The van der Waals surface area contributed by atoms with Crippen LogP contribution in [0.4, 0.5) is 0 Å². The van der Waals surface area contributed by atoms with Crippen molar-refractivity contribution in [2.45, 2.75) is 25.7 Å². The van der Waals surface area contributed by atoms with Gasteiger partial charge >= 0.3 is 0 Å². The highest BCUT2D eigenvalue weighted by Crippen LogP contribution is 2.30. The lowest BCUT2D eigenvalue weighted by Crippen LogP contribution is -2.34. The van der Waals surface area contributed by atoms with Gasteiger partial charge in [-0.3, -0.25) is 0 Å². The van der Waals surface area contributed by atoms with Crippen molar-refractivity contribution in [3.63, 3.8) is 0 Å². The first-order valence-corrected chi connectivity index (χ1v) is 6.85. The second-order valence-electron chi connectivity index (χ2n) is 4.83. The van der Waals surface area contributed by atoms with E-state index in [1.54, 1.807) is 0 Å². The van der Waals surface area contributed by atoms with Gasteiger partial charge in [0.2, 0.25) is 0 Å². The number of hydrogen-bond donors (Lipinski definition) is 0. The summed E-state index contributed by atoms with van der Waals surface area (Å²) < 4.78 is 0.